The minimum Gasteiger partial charge on any atom is -0.310 e. The third-order valence-corrected chi connectivity index (χ3v) is 5.56. The third-order valence-electron chi connectivity index (χ3n) is 4.18. The fourth-order valence-corrected chi connectivity index (χ4v) is 4.24. The van der Waals surface area contributed by atoms with Crippen molar-refractivity contribution in [1.29, 1.82) is 0 Å². The zero-order chi connectivity index (χ0) is 12.1. The largest absolute Gasteiger partial charge is 0.310 e. The highest BCUT2D eigenvalue weighted by molar-refractivity contribution is 7.99. The lowest BCUT2D eigenvalue weighted by molar-refractivity contribution is 0.189. The Bertz CT molecular complexity index is 214. The molecule has 100 valence electrons. The first-order chi connectivity index (χ1) is 8.29. The lowest BCUT2D eigenvalue weighted by Crippen LogP contribution is -2.49. The molecule has 2 nitrogen and oxygen atoms in total. The van der Waals surface area contributed by atoms with Crippen molar-refractivity contribution in [1.82, 2.24) is 10.2 Å². The second kappa shape index (κ2) is 7.01. The Labute approximate surface area is 111 Å². The summed E-state index contributed by atoms with van der Waals surface area (Å²) in [6, 6.07) is 1.56. The maximum absolute atomic E-state index is 3.92. The van der Waals surface area contributed by atoms with Crippen LogP contribution in [-0.4, -0.2) is 47.6 Å². The molecule has 2 unspecified atom stereocenters. The standard InChI is InChI=1S/C14H28N2S/c1-3-8-16-9-6-13(7-10-16)15-14-5-4-11-17-12(14)2/h12-15H,3-11H2,1-2H3. The third kappa shape index (κ3) is 4.15. The van der Waals surface area contributed by atoms with Crippen LogP contribution in [0.15, 0.2) is 0 Å². The van der Waals surface area contributed by atoms with Crippen LogP contribution >= 0.6 is 11.8 Å². The summed E-state index contributed by atoms with van der Waals surface area (Å²) in [5, 5.41) is 4.74. The molecule has 0 aliphatic carbocycles. The maximum Gasteiger partial charge on any atom is 0.0186 e. The fraction of sp³-hybridized carbons (Fsp3) is 1.00. The minimum absolute atomic E-state index is 0.775. The van der Waals surface area contributed by atoms with Crippen LogP contribution in [0.3, 0.4) is 0 Å². The molecule has 0 spiro atoms. The molecular formula is C14H28N2S. The van der Waals surface area contributed by atoms with E-state index in [9.17, 15) is 0 Å². The SMILES string of the molecule is CCCN1CCC(NC2CCCSC2C)CC1. The molecule has 2 heterocycles. The van der Waals surface area contributed by atoms with Crippen LogP contribution in [0.1, 0.15) is 46.0 Å². The molecule has 2 aliphatic heterocycles. The van der Waals surface area contributed by atoms with Gasteiger partial charge in [0.25, 0.3) is 0 Å². The second-order valence-corrected chi connectivity index (χ2v) is 7.09. The number of nitrogens with one attached hydrogen (secondary N) is 1. The van der Waals surface area contributed by atoms with Gasteiger partial charge in [-0.15, -0.1) is 0 Å². The average molecular weight is 256 g/mol. The van der Waals surface area contributed by atoms with E-state index in [1.807, 2.05) is 0 Å². The van der Waals surface area contributed by atoms with Crippen molar-refractivity contribution >= 4 is 11.8 Å². The zero-order valence-electron chi connectivity index (χ0n) is 11.5. The van der Waals surface area contributed by atoms with Crippen molar-refractivity contribution in [3.8, 4) is 0 Å². The van der Waals surface area contributed by atoms with Crippen molar-refractivity contribution in [2.24, 2.45) is 0 Å². The molecule has 0 aromatic carbocycles. The predicted octanol–water partition coefficient (Wildman–Crippen LogP) is 2.73. The number of likely N-dealkylation sites (tertiary alicyclic amines) is 1. The van der Waals surface area contributed by atoms with Crippen molar-refractivity contribution in [2.75, 3.05) is 25.4 Å². The molecular weight excluding hydrogens is 228 g/mol. The number of rotatable bonds is 4. The Morgan fingerprint density at radius 2 is 2.00 bits per heavy atom. The molecule has 0 saturated carbocycles. The van der Waals surface area contributed by atoms with Gasteiger partial charge in [-0.3, -0.25) is 0 Å². The molecule has 2 atom stereocenters. The summed E-state index contributed by atoms with van der Waals surface area (Å²) in [7, 11) is 0. The average Bonchev–Trinajstić information content (AvgIpc) is 2.35. The van der Waals surface area contributed by atoms with E-state index in [-0.39, 0.29) is 0 Å². The van der Waals surface area contributed by atoms with Gasteiger partial charge in [0.05, 0.1) is 0 Å². The molecule has 2 saturated heterocycles. The fourth-order valence-electron chi connectivity index (χ4n) is 3.08. The lowest BCUT2D eigenvalue weighted by atomic mass is 10.0. The minimum atomic E-state index is 0.775. The second-order valence-electron chi connectivity index (χ2n) is 5.61. The van der Waals surface area contributed by atoms with Gasteiger partial charge in [-0.05, 0) is 57.5 Å². The van der Waals surface area contributed by atoms with Crippen LogP contribution in [-0.2, 0) is 0 Å². The number of hydrogen-bond acceptors (Lipinski definition) is 3. The molecule has 0 bridgehead atoms. The first kappa shape index (κ1) is 13.7. The van der Waals surface area contributed by atoms with E-state index in [0.29, 0.717) is 0 Å². The predicted molar refractivity (Wildman–Crippen MR) is 77.8 cm³/mol. The van der Waals surface area contributed by atoms with Gasteiger partial charge >= 0.3 is 0 Å². The van der Waals surface area contributed by atoms with Crippen LogP contribution in [0, 0.1) is 0 Å². The number of hydrogen-bond donors (Lipinski definition) is 1. The van der Waals surface area contributed by atoms with E-state index in [1.54, 1.807) is 0 Å². The topological polar surface area (TPSA) is 15.3 Å². The number of nitrogens with zero attached hydrogens (tertiary/aromatic N) is 1. The quantitative estimate of drug-likeness (QED) is 0.832. The van der Waals surface area contributed by atoms with Gasteiger partial charge in [0.15, 0.2) is 0 Å². The summed E-state index contributed by atoms with van der Waals surface area (Å²) in [6.45, 7) is 8.58. The summed E-state index contributed by atoms with van der Waals surface area (Å²) in [5.41, 5.74) is 0. The Balaban J connectivity index is 1.70. The van der Waals surface area contributed by atoms with E-state index >= 15 is 0 Å². The van der Waals surface area contributed by atoms with Gasteiger partial charge in [0.1, 0.15) is 0 Å². The molecule has 2 aliphatic rings. The lowest BCUT2D eigenvalue weighted by Gasteiger charge is -2.37. The van der Waals surface area contributed by atoms with Crippen LogP contribution in [0.25, 0.3) is 0 Å². The summed E-state index contributed by atoms with van der Waals surface area (Å²) < 4.78 is 0. The van der Waals surface area contributed by atoms with E-state index in [0.717, 1.165) is 17.3 Å². The first-order valence-electron chi connectivity index (χ1n) is 7.39. The van der Waals surface area contributed by atoms with Gasteiger partial charge in [-0.2, -0.15) is 11.8 Å². The Morgan fingerprint density at radius 3 is 2.65 bits per heavy atom. The van der Waals surface area contributed by atoms with Crippen molar-refractivity contribution in [3.63, 3.8) is 0 Å². The van der Waals surface area contributed by atoms with Crippen LogP contribution in [0.2, 0.25) is 0 Å². The van der Waals surface area contributed by atoms with Gasteiger partial charge in [0.2, 0.25) is 0 Å². The van der Waals surface area contributed by atoms with E-state index < -0.39 is 0 Å². The van der Waals surface area contributed by atoms with Gasteiger partial charge in [-0.1, -0.05) is 13.8 Å². The van der Waals surface area contributed by atoms with Gasteiger partial charge in [-0.25, -0.2) is 0 Å². The Kier molecular flexibility index (Phi) is 5.64. The van der Waals surface area contributed by atoms with Gasteiger partial charge < -0.3 is 10.2 Å². The summed E-state index contributed by atoms with van der Waals surface area (Å²) in [6.07, 6.45) is 6.81. The van der Waals surface area contributed by atoms with E-state index in [1.165, 1.54) is 57.5 Å². The smallest absolute Gasteiger partial charge is 0.0186 e. The highest BCUT2D eigenvalue weighted by Gasteiger charge is 2.26. The molecule has 1 N–H and O–H groups in total. The van der Waals surface area contributed by atoms with Crippen LogP contribution in [0.4, 0.5) is 0 Å². The monoisotopic (exact) mass is 256 g/mol. The number of piperidine rings is 1. The zero-order valence-corrected chi connectivity index (χ0v) is 12.3. The first-order valence-corrected chi connectivity index (χ1v) is 8.44. The van der Waals surface area contributed by atoms with E-state index in [4.69, 9.17) is 0 Å². The molecule has 3 heteroatoms. The summed E-state index contributed by atoms with van der Waals surface area (Å²) in [4.78, 5) is 2.62. The highest BCUT2D eigenvalue weighted by atomic mass is 32.2. The Morgan fingerprint density at radius 1 is 1.24 bits per heavy atom. The Hall–Kier alpha value is 0.270. The molecule has 0 amide bonds. The molecule has 0 radical (unpaired) electrons. The molecule has 17 heavy (non-hydrogen) atoms. The van der Waals surface area contributed by atoms with Crippen molar-refractivity contribution in [2.45, 2.75) is 63.3 Å². The highest BCUT2D eigenvalue weighted by Crippen LogP contribution is 2.26. The summed E-state index contributed by atoms with van der Waals surface area (Å²) in [5.74, 6) is 1.37. The van der Waals surface area contributed by atoms with Gasteiger partial charge in [0, 0.05) is 17.3 Å². The molecule has 2 rings (SSSR count). The van der Waals surface area contributed by atoms with Crippen molar-refractivity contribution in [3.05, 3.63) is 0 Å². The summed E-state index contributed by atoms with van der Waals surface area (Å²) >= 11 is 2.15. The maximum atomic E-state index is 3.92. The van der Waals surface area contributed by atoms with Crippen LogP contribution < -0.4 is 5.32 Å². The van der Waals surface area contributed by atoms with E-state index in [2.05, 4.69) is 35.8 Å². The number of thioether (sulfide) groups is 1. The molecule has 0 aromatic rings. The van der Waals surface area contributed by atoms with Crippen LogP contribution in [0.5, 0.6) is 0 Å². The normalized spacial score (nSPS) is 32.8. The molecule has 2 fully saturated rings. The van der Waals surface area contributed by atoms with Crippen molar-refractivity contribution < 1.29 is 0 Å². The molecule has 0 aromatic heterocycles.